The van der Waals surface area contributed by atoms with Crippen LogP contribution in [0.2, 0.25) is 0 Å². The standard InChI is InChI=1S/C20H26N2O3/c1-15-10-16(2)12-18(11-15)21-20(24)14-22(8-9-23)13-17-6-4-5-7-19(17)25-3/h4-7,10-12,23H,8-9,13-14H2,1-3H3,(H,21,24). The highest BCUT2D eigenvalue weighted by Gasteiger charge is 2.13. The van der Waals surface area contributed by atoms with Gasteiger partial charge in [-0.3, -0.25) is 9.69 Å². The van der Waals surface area contributed by atoms with Crippen LogP contribution >= 0.6 is 0 Å². The topological polar surface area (TPSA) is 61.8 Å². The van der Waals surface area contributed by atoms with Gasteiger partial charge in [0.2, 0.25) is 5.91 Å². The molecule has 2 rings (SSSR count). The number of aliphatic hydroxyl groups is 1. The SMILES string of the molecule is COc1ccccc1CN(CCO)CC(=O)Nc1cc(C)cc(C)c1. The van der Waals surface area contributed by atoms with Crippen LogP contribution in [0.15, 0.2) is 42.5 Å². The molecule has 2 aromatic rings. The lowest BCUT2D eigenvalue weighted by Crippen LogP contribution is -2.35. The highest BCUT2D eigenvalue weighted by Crippen LogP contribution is 2.19. The molecule has 0 heterocycles. The van der Waals surface area contributed by atoms with Crippen LogP contribution in [0.3, 0.4) is 0 Å². The van der Waals surface area contributed by atoms with Gasteiger partial charge in [-0.25, -0.2) is 0 Å². The first-order valence-electron chi connectivity index (χ1n) is 8.35. The fraction of sp³-hybridized carbons (Fsp3) is 0.350. The summed E-state index contributed by atoms with van der Waals surface area (Å²) in [4.78, 5) is 14.3. The second-order valence-corrected chi connectivity index (χ2v) is 6.17. The Labute approximate surface area is 149 Å². The van der Waals surface area contributed by atoms with E-state index < -0.39 is 0 Å². The molecule has 0 saturated heterocycles. The number of hydrogen-bond donors (Lipinski definition) is 2. The van der Waals surface area contributed by atoms with Crippen molar-refractivity contribution in [1.82, 2.24) is 4.90 Å². The number of carbonyl (C=O) groups is 1. The molecule has 0 spiro atoms. The maximum atomic E-state index is 12.4. The second kappa shape index (κ2) is 9.20. The summed E-state index contributed by atoms with van der Waals surface area (Å²) in [6, 6.07) is 13.7. The van der Waals surface area contributed by atoms with Crippen molar-refractivity contribution in [2.24, 2.45) is 0 Å². The van der Waals surface area contributed by atoms with Crippen LogP contribution in [-0.4, -0.2) is 42.7 Å². The zero-order valence-corrected chi connectivity index (χ0v) is 15.1. The van der Waals surface area contributed by atoms with E-state index in [2.05, 4.69) is 11.4 Å². The molecule has 134 valence electrons. The molecule has 1 amide bonds. The van der Waals surface area contributed by atoms with Crippen LogP contribution < -0.4 is 10.1 Å². The van der Waals surface area contributed by atoms with Crippen LogP contribution in [0, 0.1) is 13.8 Å². The molecular formula is C20H26N2O3. The molecule has 0 radical (unpaired) electrons. The molecule has 0 aliphatic carbocycles. The van der Waals surface area contributed by atoms with Crippen LogP contribution in [0.5, 0.6) is 5.75 Å². The normalized spacial score (nSPS) is 10.8. The van der Waals surface area contributed by atoms with Gasteiger partial charge >= 0.3 is 0 Å². The van der Waals surface area contributed by atoms with Crippen molar-refractivity contribution in [3.63, 3.8) is 0 Å². The molecule has 0 fully saturated rings. The number of methoxy groups -OCH3 is 1. The first kappa shape index (κ1) is 19.0. The highest BCUT2D eigenvalue weighted by atomic mass is 16.5. The van der Waals surface area contributed by atoms with Gasteiger partial charge in [0.05, 0.1) is 20.3 Å². The molecule has 5 nitrogen and oxygen atoms in total. The van der Waals surface area contributed by atoms with Crippen LogP contribution in [0.1, 0.15) is 16.7 Å². The Bertz CT molecular complexity index is 696. The number of nitrogens with one attached hydrogen (secondary N) is 1. The third kappa shape index (κ3) is 5.89. The van der Waals surface area contributed by atoms with Gasteiger partial charge in [0, 0.05) is 24.3 Å². The van der Waals surface area contributed by atoms with E-state index in [1.54, 1.807) is 7.11 Å². The zero-order valence-electron chi connectivity index (χ0n) is 15.1. The van der Waals surface area contributed by atoms with E-state index >= 15 is 0 Å². The lowest BCUT2D eigenvalue weighted by molar-refractivity contribution is -0.117. The molecule has 0 aliphatic rings. The van der Waals surface area contributed by atoms with Gasteiger partial charge in [-0.2, -0.15) is 0 Å². The molecule has 0 bridgehead atoms. The predicted octanol–water partition coefficient (Wildman–Crippen LogP) is 2.75. The van der Waals surface area contributed by atoms with Gasteiger partial charge in [0.25, 0.3) is 0 Å². The van der Waals surface area contributed by atoms with E-state index in [0.717, 1.165) is 28.1 Å². The van der Waals surface area contributed by atoms with Crippen molar-refractivity contribution in [2.75, 3.05) is 32.1 Å². The number of para-hydroxylation sites is 1. The van der Waals surface area contributed by atoms with Crippen molar-refractivity contribution in [2.45, 2.75) is 20.4 Å². The Morgan fingerprint density at radius 3 is 2.48 bits per heavy atom. The highest BCUT2D eigenvalue weighted by molar-refractivity contribution is 5.92. The number of aryl methyl sites for hydroxylation is 2. The Morgan fingerprint density at radius 1 is 1.16 bits per heavy atom. The number of hydrogen-bond acceptors (Lipinski definition) is 4. The first-order chi connectivity index (χ1) is 12.0. The fourth-order valence-corrected chi connectivity index (χ4v) is 2.88. The number of aliphatic hydroxyl groups excluding tert-OH is 1. The van der Waals surface area contributed by atoms with Crippen molar-refractivity contribution in [3.8, 4) is 5.75 Å². The van der Waals surface area contributed by atoms with E-state index in [1.165, 1.54) is 0 Å². The summed E-state index contributed by atoms with van der Waals surface area (Å²) in [6.07, 6.45) is 0. The molecule has 25 heavy (non-hydrogen) atoms. The summed E-state index contributed by atoms with van der Waals surface area (Å²) in [5.41, 5.74) is 3.99. The second-order valence-electron chi connectivity index (χ2n) is 6.17. The summed E-state index contributed by atoms with van der Waals surface area (Å²) in [5, 5.41) is 12.2. The average molecular weight is 342 g/mol. The Hall–Kier alpha value is -2.37. The summed E-state index contributed by atoms with van der Waals surface area (Å²) < 4.78 is 5.36. The molecule has 0 aliphatic heterocycles. The molecule has 2 aromatic carbocycles. The molecular weight excluding hydrogens is 316 g/mol. The quantitative estimate of drug-likeness (QED) is 0.774. The number of rotatable bonds is 8. The van der Waals surface area contributed by atoms with Crippen molar-refractivity contribution in [1.29, 1.82) is 0 Å². The summed E-state index contributed by atoms with van der Waals surface area (Å²) >= 11 is 0. The van der Waals surface area contributed by atoms with Gasteiger partial charge in [-0.1, -0.05) is 24.3 Å². The summed E-state index contributed by atoms with van der Waals surface area (Å²) in [6.45, 7) is 5.14. The lowest BCUT2D eigenvalue weighted by Gasteiger charge is -2.22. The predicted molar refractivity (Wildman–Crippen MR) is 99.9 cm³/mol. The van der Waals surface area contributed by atoms with Crippen LogP contribution in [0.4, 0.5) is 5.69 Å². The minimum Gasteiger partial charge on any atom is -0.496 e. The van der Waals surface area contributed by atoms with Gasteiger partial charge in [0.1, 0.15) is 5.75 Å². The van der Waals surface area contributed by atoms with Gasteiger partial charge < -0.3 is 15.2 Å². The Kier molecular flexibility index (Phi) is 6.98. The van der Waals surface area contributed by atoms with Crippen molar-refractivity contribution >= 4 is 11.6 Å². The minimum absolute atomic E-state index is 0.00795. The lowest BCUT2D eigenvalue weighted by atomic mass is 10.1. The minimum atomic E-state index is -0.103. The number of carbonyl (C=O) groups excluding carboxylic acids is 1. The third-order valence-electron chi connectivity index (χ3n) is 3.88. The number of benzene rings is 2. The summed E-state index contributed by atoms with van der Waals surface area (Å²) in [5.74, 6) is 0.675. The van der Waals surface area contributed by atoms with E-state index in [9.17, 15) is 9.90 Å². The van der Waals surface area contributed by atoms with E-state index in [0.29, 0.717) is 13.1 Å². The largest absolute Gasteiger partial charge is 0.496 e. The van der Waals surface area contributed by atoms with E-state index in [4.69, 9.17) is 4.74 Å². The maximum Gasteiger partial charge on any atom is 0.238 e. The number of ether oxygens (including phenoxy) is 1. The number of nitrogens with zero attached hydrogens (tertiary/aromatic N) is 1. The van der Waals surface area contributed by atoms with Crippen molar-refractivity contribution in [3.05, 3.63) is 59.2 Å². The number of anilines is 1. The smallest absolute Gasteiger partial charge is 0.238 e. The third-order valence-corrected chi connectivity index (χ3v) is 3.88. The Morgan fingerprint density at radius 2 is 1.84 bits per heavy atom. The zero-order chi connectivity index (χ0) is 18.2. The van der Waals surface area contributed by atoms with E-state index in [-0.39, 0.29) is 19.1 Å². The maximum absolute atomic E-state index is 12.4. The van der Waals surface area contributed by atoms with E-state index in [1.807, 2.05) is 55.1 Å². The molecule has 0 unspecified atom stereocenters. The summed E-state index contributed by atoms with van der Waals surface area (Å²) in [7, 11) is 1.63. The molecule has 5 heteroatoms. The monoisotopic (exact) mass is 342 g/mol. The Balaban J connectivity index is 2.03. The van der Waals surface area contributed by atoms with Gasteiger partial charge in [-0.15, -0.1) is 0 Å². The average Bonchev–Trinajstić information content (AvgIpc) is 2.54. The molecule has 2 N–H and O–H groups in total. The number of amides is 1. The first-order valence-corrected chi connectivity index (χ1v) is 8.35. The van der Waals surface area contributed by atoms with Gasteiger partial charge in [0.15, 0.2) is 0 Å². The van der Waals surface area contributed by atoms with Crippen molar-refractivity contribution < 1.29 is 14.6 Å². The fourth-order valence-electron chi connectivity index (χ4n) is 2.88. The molecule has 0 saturated carbocycles. The van der Waals surface area contributed by atoms with Gasteiger partial charge in [-0.05, 0) is 43.2 Å². The molecule has 0 atom stereocenters. The molecule has 0 aromatic heterocycles. The van der Waals surface area contributed by atoms with Crippen LogP contribution in [-0.2, 0) is 11.3 Å². The van der Waals surface area contributed by atoms with Crippen LogP contribution in [0.25, 0.3) is 0 Å².